The van der Waals surface area contributed by atoms with E-state index in [1.807, 2.05) is 0 Å². The number of alkyl halides is 3. The van der Waals surface area contributed by atoms with Gasteiger partial charge in [-0.25, -0.2) is 0 Å². The summed E-state index contributed by atoms with van der Waals surface area (Å²) < 4.78 is 40.2. The van der Waals surface area contributed by atoms with E-state index in [0.29, 0.717) is 0 Å². The number of aryl methyl sites for hydroxylation is 1. The molecule has 1 aromatic heterocycles. The van der Waals surface area contributed by atoms with Gasteiger partial charge in [0.1, 0.15) is 0 Å². The number of aromatic nitrogens is 2. The Labute approximate surface area is 107 Å². The highest BCUT2D eigenvalue weighted by molar-refractivity contribution is 6.00. The summed E-state index contributed by atoms with van der Waals surface area (Å²) in [7, 11) is 1.51. The van der Waals surface area contributed by atoms with Crippen LogP contribution in [0, 0.1) is 0 Å². The summed E-state index contributed by atoms with van der Waals surface area (Å²) in [4.78, 5) is 11.5. The van der Waals surface area contributed by atoms with Gasteiger partial charge in [0.05, 0.1) is 23.0 Å². The van der Waals surface area contributed by atoms with Crippen molar-refractivity contribution in [3.8, 4) is 11.3 Å². The van der Waals surface area contributed by atoms with E-state index in [1.165, 1.54) is 43.0 Å². The van der Waals surface area contributed by atoms with Crippen molar-refractivity contribution in [3.63, 3.8) is 0 Å². The van der Waals surface area contributed by atoms with Crippen molar-refractivity contribution in [2.75, 3.05) is 0 Å². The maximum Gasteiger partial charge on any atom is 0.417 e. The smallest absolute Gasteiger partial charge is 0.294 e. The number of Topliss-reactive ketones (excluding diaryl/α,β-unsaturated/α-hetero) is 1. The Balaban J connectivity index is 2.73. The lowest BCUT2D eigenvalue weighted by Gasteiger charge is -2.13. The van der Waals surface area contributed by atoms with Gasteiger partial charge < -0.3 is 0 Å². The molecule has 1 heterocycles. The number of hydrogen-bond acceptors (Lipinski definition) is 2. The maximum atomic E-state index is 13.0. The second kappa shape index (κ2) is 4.53. The second-order valence-electron chi connectivity index (χ2n) is 4.13. The highest BCUT2D eigenvalue weighted by Gasteiger charge is 2.34. The van der Waals surface area contributed by atoms with Crippen LogP contribution in [0.2, 0.25) is 0 Å². The van der Waals surface area contributed by atoms with Crippen LogP contribution in [0.25, 0.3) is 11.3 Å². The van der Waals surface area contributed by atoms with Crippen LogP contribution in [0.5, 0.6) is 0 Å². The van der Waals surface area contributed by atoms with Crippen molar-refractivity contribution in [2.24, 2.45) is 7.05 Å². The minimum Gasteiger partial charge on any atom is -0.294 e. The fourth-order valence-electron chi connectivity index (χ4n) is 1.95. The largest absolute Gasteiger partial charge is 0.417 e. The van der Waals surface area contributed by atoms with Gasteiger partial charge in [-0.3, -0.25) is 9.48 Å². The molecule has 0 spiro atoms. The highest BCUT2D eigenvalue weighted by Crippen LogP contribution is 2.37. The number of benzene rings is 1. The number of carbonyl (C=O) groups excluding carboxylic acids is 1. The first-order valence-corrected chi connectivity index (χ1v) is 5.52. The van der Waals surface area contributed by atoms with E-state index in [9.17, 15) is 18.0 Å². The van der Waals surface area contributed by atoms with Crippen molar-refractivity contribution < 1.29 is 18.0 Å². The van der Waals surface area contributed by atoms with Crippen molar-refractivity contribution in [1.29, 1.82) is 0 Å². The quantitative estimate of drug-likeness (QED) is 0.783. The predicted molar refractivity (Wildman–Crippen MR) is 63.7 cm³/mol. The van der Waals surface area contributed by atoms with Crippen LogP contribution in [0.1, 0.15) is 22.8 Å². The van der Waals surface area contributed by atoms with Gasteiger partial charge in [-0.05, 0) is 13.0 Å². The second-order valence-corrected chi connectivity index (χ2v) is 4.13. The first-order chi connectivity index (χ1) is 8.82. The molecule has 19 heavy (non-hydrogen) atoms. The lowest BCUT2D eigenvalue weighted by atomic mass is 10.00. The first-order valence-electron chi connectivity index (χ1n) is 5.52. The number of rotatable bonds is 2. The topological polar surface area (TPSA) is 34.9 Å². The van der Waals surface area contributed by atoms with E-state index < -0.39 is 11.7 Å². The lowest BCUT2D eigenvalue weighted by molar-refractivity contribution is -0.137. The monoisotopic (exact) mass is 268 g/mol. The summed E-state index contributed by atoms with van der Waals surface area (Å²) in [6.45, 7) is 1.30. The molecule has 0 aliphatic heterocycles. The Morgan fingerprint density at radius 2 is 1.89 bits per heavy atom. The molecule has 2 rings (SSSR count). The summed E-state index contributed by atoms with van der Waals surface area (Å²) in [5.41, 5.74) is -0.457. The van der Waals surface area contributed by atoms with E-state index in [4.69, 9.17) is 0 Å². The minimum absolute atomic E-state index is 0.0415. The zero-order chi connectivity index (χ0) is 14.2. The van der Waals surface area contributed by atoms with Gasteiger partial charge >= 0.3 is 6.18 Å². The van der Waals surface area contributed by atoms with Gasteiger partial charge in [-0.1, -0.05) is 18.2 Å². The summed E-state index contributed by atoms with van der Waals surface area (Å²) in [6, 6.07) is 5.15. The van der Waals surface area contributed by atoms with Gasteiger partial charge in [0, 0.05) is 12.6 Å². The van der Waals surface area contributed by atoms with Crippen molar-refractivity contribution in [1.82, 2.24) is 9.78 Å². The summed E-state index contributed by atoms with van der Waals surface area (Å²) >= 11 is 0. The molecule has 0 radical (unpaired) electrons. The van der Waals surface area contributed by atoms with Crippen LogP contribution in [-0.4, -0.2) is 15.6 Å². The van der Waals surface area contributed by atoms with Gasteiger partial charge in [0.25, 0.3) is 0 Å². The van der Waals surface area contributed by atoms with Crippen LogP contribution in [0.3, 0.4) is 0 Å². The summed E-state index contributed by atoms with van der Waals surface area (Å²) in [5, 5.41) is 3.87. The molecule has 0 unspecified atom stereocenters. The molecule has 100 valence electrons. The first kappa shape index (κ1) is 13.3. The molecular formula is C13H11F3N2O. The Hall–Kier alpha value is -2.11. The zero-order valence-corrected chi connectivity index (χ0v) is 10.3. The van der Waals surface area contributed by atoms with Gasteiger partial charge in [0.2, 0.25) is 0 Å². The molecule has 0 aliphatic rings. The summed E-state index contributed by atoms with van der Waals surface area (Å²) in [5.74, 6) is -0.319. The zero-order valence-electron chi connectivity index (χ0n) is 10.3. The fourth-order valence-corrected chi connectivity index (χ4v) is 1.95. The van der Waals surface area contributed by atoms with Gasteiger partial charge in [0.15, 0.2) is 5.78 Å². The molecule has 0 fully saturated rings. The normalized spacial score (nSPS) is 11.6. The Bertz CT molecular complexity index is 629. The van der Waals surface area contributed by atoms with E-state index in [0.717, 1.165) is 6.07 Å². The molecule has 0 bridgehead atoms. The van der Waals surface area contributed by atoms with Crippen molar-refractivity contribution in [2.45, 2.75) is 13.1 Å². The van der Waals surface area contributed by atoms with Crippen molar-refractivity contribution >= 4 is 5.78 Å². The van der Waals surface area contributed by atoms with Crippen molar-refractivity contribution in [3.05, 3.63) is 41.6 Å². The number of hydrogen-bond donors (Lipinski definition) is 0. The van der Waals surface area contributed by atoms with Crippen LogP contribution >= 0.6 is 0 Å². The third kappa shape index (κ3) is 2.38. The maximum absolute atomic E-state index is 13.0. The lowest BCUT2D eigenvalue weighted by Crippen LogP contribution is -2.09. The molecule has 0 N–H and O–H groups in total. The molecular weight excluding hydrogens is 257 g/mol. The molecule has 0 amide bonds. The van der Waals surface area contributed by atoms with Crippen LogP contribution in [0.4, 0.5) is 13.2 Å². The molecule has 0 saturated heterocycles. The van der Waals surface area contributed by atoms with E-state index in [1.54, 1.807) is 0 Å². The minimum atomic E-state index is -4.48. The van der Waals surface area contributed by atoms with E-state index in [-0.39, 0.29) is 22.6 Å². The van der Waals surface area contributed by atoms with Crippen LogP contribution < -0.4 is 0 Å². The predicted octanol–water partition coefficient (Wildman–Crippen LogP) is 3.31. The van der Waals surface area contributed by atoms with E-state index in [2.05, 4.69) is 5.10 Å². The number of carbonyl (C=O) groups is 1. The Morgan fingerprint density at radius 3 is 2.47 bits per heavy atom. The fraction of sp³-hybridized carbons (Fsp3) is 0.231. The standard InChI is InChI=1S/C13H11F3N2O/c1-8(19)10-7-17-18(2)12(10)9-5-3-4-6-11(9)13(14,15)16/h3-7H,1-2H3. The van der Waals surface area contributed by atoms with Gasteiger partial charge in [-0.15, -0.1) is 0 Å². The molecule has 1 aromatic carbocycles. The summed E-state index contributed by atoms with van der Waals surface area (Å²) in [6.07, 6.45) is -3.19. The Morgan fingerprint density at radius 1 is 1.26 bits per heavy atom. The molecule has 3 nitrogen and oxygen atoms in total. The van der Waals surface area contributed by atoms with Crippen LogP contribution in [-0.2, 0) is 13.2 Å². The molecule has 0 saturated carbocycles. The number of halogens is 3. The number of ketones is 1. The number of nitrogens with zero attached hydrogens (tertiary/aromatic N) is 2. The molecule has 2 aromatic rings. The highest BCUT2D eigenvalue weighted by atomic mass is 19.4. The Kier molecular flexibility index (Phi) is 3.18. The third-order valence-corrected chi connectivity index (χ3v) is 2.81. The van der Waals surface area contributed by atoms with E-state index >= 15 is 0 Å². The average Bonchev–Trinajstić information content (AvgIpc) is 2.70. The van der Waals surface area contributed by atoms with Gasteiger partial charge in [-0.2, -0.15) is 18.3 Å². The third-order valence-electron chi connectivity index (χ3n) is 2.81. The molecule has 6 heteroatoms. The molecule has 0 aliphatic carbocycles. The average molecular weight is 268 g/mol. The SMILES string of the molecule is CC(=O)c1cnn(C)c1-c1ccccc1C(F)(F)F. The van der Waals surface area contributed by atoms with Crippen LogP contribution in [0.15, 0.2) is 30.5 Å². The molecule has 0 atom stereocenters.